The van der Waals surface area contributed by atoms with E-state index in [0.29, 0.717) is 0 Å². The molecule has 0 bridgehead atoms. The summed E-state index contributed by atoms with van der Waals surface area (Å²) >= 11 is 0. The smallest absolute Gasteiger partial charge is 0.145 e. The maximum atomic E-state index is 11.2. The van der Waals surface area contributed by atoms with Gasteiger partial charge in [-0.3, -0.25) is 4.79 Å². The second kappa shape index (κ2) is 11.0. The van der Waals surface area contributed by atoms with E-state index >= 15 is 0 Å². The van der Waals surface area contributed by atoms with E-state index in [2.05, 4.69) is 52.0 Å². The Kier molecular flexibility index (Phi) is 8.71. The Morgan fingerprint density at radius 3 is 2.50 bits per heavy atom. The summed E-state index contributed by atoms with van der Waals surface area (Å²) < 4.78 is 6.29. The van der Waals surface area contributed by atoms with Crippen LogP contribution in [0.1, 0.15) is 77.3 Å². The Labute approximate surface area is 181 Å². The molecule has 1 aliphatic rings. The van der Waals surface area contributed by atoms with Gasteiger partial charge in [-0.2, -0.15) is 0 Å². The number of aldehydes is 1. The molecule has 162 valence electrons. The van der Waals surface area contributed by atoms with Gasteiger partial charge in [-0.15, -0.1) is 0 Å². The number of benzene rings is 1. The molecule has 1 aliphatic heterocycles. The van der Waals surface area contributed by atoms with E-state index in [1.165, 1.54) is 11.1 Å². The lowest BCUT2D eigenvalue weighted by Gasteiger charge is -2.32. The van der Waals surface area contributed by atoms with E-state index in [9.17, 15) is 9.90 Å². The van der Waals surface area contributed by atoms with Gasteiger partial charge in [0, 0.05) is 5.56 Å². The first-order chi connectivity index (χ1) is 14.2. The van der Waals surface area contributed by atoms with Crippen LogP contribution in [0.3, 0.4) is 0 Å². The van der Waals surface area contributed by atoms with Crippen molar-refractivity contribution in [2.45, 2.75) is 78.7 Å². The van der Waals surface area contributed by atoms with Crippen LogP contribution in [-0.4, -0.2) is 17.0 Å². The lowest BCUT2D eigenvalue weighted by molar-refractivity contribution is -0.105. The molecule has 0 spiro atoms. The standard InChI is InChI=1S/C27H36O3/c1-20(2)9-6-12-23(19-28)13-7-10-21(3)11-8-15-27(5)16-14-24-18-25(29)17-22(4)26(24)30-27/h9,11,13-14,16-19,29H,6-8,10,12,15H2,1-5H3/t27-/m0/s1. The summed E-state index contributed by atoms with van der Waals surface area (Å²) in [4.78, 5) is 11.2. The number of hydrogen-bond acceptors (Lipinski definition) is 3. The fourth-order valence-electron chi connectivity index (χ4n) is 3.64. The van der Waals surface area contributed by atoms with Crippen molar-refractivity contribution in [1.29, 1.82) is 0 Å². The quantitative estimate of drug-likeness (QED) is 0.252. The molecule has 1 atom stereocenters. The molecular formula is C27H36O3. The maximum absolute atomic E-state index is 11.2. The van der Waals surface area contributed by atoms with Gasteiger partial charge >= 0.3 is 0 Å². The average Bonchev–Trinajstić information content (AvgIpc) is 2.67. The minimum Gasteiger partial charge on any atom is -0.508 e. The summed E-state index contributed by atoms with van der Waals surface area (Å²) in [5, 5.41) is 9.76. The molecule has 1 heterocycles. The van der Waals surface area contributed by atoms with Crippen molar-refractivity contribution in [2.75, 3.05) is 0 Å². The summed E-state index contributed by atoms with van der Waals surface area (Å²) in [6.07, 6.45) is 17.1. The Hall–Kier alpha value is -2.55. The molecule has 1 aromatic rings. The molecule has 3 heteroatoms. The van der Waals surface area contributed by atoms with Crippen molar-refractivity contribution in [2.24, 2.45) is 0 Å². The van der Waals surface area contributed by atoms with Crippen molar-refractivity contribution >= 4 is 12.4 Å². The van der Waals surface area contributed by atoms with E-state index in [1.54, 1.807) is 12.1 Å². The highest BCUT2D eigenvalue weighted by molar-refractivity contribution is 5.73. The van der Waals surface area contributed by atoms with Gasteiger partial charge < -0.3 is 9.84 Å². The lowest BCUT2D eigenvalue weighted by atomic mass is 9.93. The van der Waals surface area contributed by atoms with Crippen molar-refractivity contribution in [3.63, 3.8) is 0 Å². The number of phenolic OH excluding ortho intramolecular Hbond substituents is 1. The van der Waals surface area contributed by atoms with Crippen LogP contribution in [0.4, 0.5) is 0 Å². The number of fused-ring (bicyclic) bond motifs is 1. The minimum atomic E-state index is -0.346. The molecule has 0 saturated heterocycles. The number of hydrogen-bond donors (Lipinski definition) is 1. The monoisotopic (exact) mass is 408 g/mol. The summed E-state index contributed by atoms with van der Waals surface area (Å²) in [6, 6.07) is 3.48. The molecular weight excluding hydrogens is 372 g/mol. The summed E-state index contributed by atoms with van der Waals surface area (Å²) in [5.41, 5.74) is 5.07. The van der Waals surface area contributed by atoms with Gasteiger partial charge in [0.2, 0.25) is 0 Å². The fourth-order valence-corrected chi connectivity index (χ4v) is 3.64. The van der Waals surface area contributed by atoms with Gasteiger partial charge in [0.15, 0.2) is 0 Å². The molecule has 2 rings (SSSR count). The molecule has 30 heavy (non-hydrogen) atoms. The zero-order chi connectivity index (χ0) is 22.1. The summed E-state index contributed by atoms with van der Waals surface area (Å²) in [5.74, 6) is 1.13. The van der Waals surface area contributed by atoms with Gasteiger partial charge in [-0.1, -0.05) is 35.5 Å². The summed E-state index contributed by atoms with van der Waals surface area (Å²) in [7, 11) is 0. The molecule has 0 amide bonds. The number of aromatic hydroxyl groups is 1. The van der Waals surface area contributed by atoms with Crippen LogP contribution >= 0.6 is 0 Å². The lowest BCUT2D eigenvalue weighted by Crippen LogP contribution is -2.32. The van der Waals surface area contributed by atoms with E-state index in [-0.39, 0.29) is 11.4 Å². The Morgan fingerprint density at radius 2 is 1.80 bits per heavy atom. The molecule has 0 fully saturated rings. The molecule has 0 aromatic heterocycles. The maximum Gasteiger partial charge on any atom is 0.145 e. The van der Waals surface area contributed by atoms with Crippen LogP contribution in [0, 0.1) is 6.92 Å². The third-order valence-electron chi connectivity index (χ3n) is 5.45. The Bertz CT molecular complexity index is 866. The third-order valence-corrected chi connectivity index (χ3v) is 5.45. The third kappa shape index (κ3) is 7.37. The molecule has 0 saturated carbocycles. The second-order valence-corrected chi connectivity index (χ2v) is 8.77. The number of rotatable bonds is 10. The second-order valence-electron chi connectivity index (χ2n) is 8.77. The molecule has 0 radical (unpaired) electrons. The SMILES string of the molecule is CC(C)=CCCC(C=O)=CCCC(C)=CCC[C@@]1(C)C=Cc2cc(O)cc(C)c2O1. The first-order valence-corrected chi connectivity index (χ1v) is 10.9. The van der Waals surface area contributed by atoms with Gasteiger partial charge in [-0.25, -0.2) is 0 Å². The average molecular weight is 409 g/mol. The van der Waals surface area contributed by atoms with Crippen LogP contribution in [0.5, 0.6) is 11.5 Å². The summed E-state index contributed by atoms with van der Waals surface area (Å²) in [6.45, 7) is 10.4. The molecule has 3 nitrogen and oxygen atoms in total. The van der Waals surface area contributed by atoms with E-state index in [1.807, 2.05) is 13.0 Å². The number of allylic oxidation sites excluding steroid dienone is 6. The number of carbonyl (C=O) groups excluding carboxylic acids is 1. The predicted molar refractivity (Wildman–Crippen MR) is 126 cm³/mol. The molecule has 1 N–H and O–H groups in total. The molecule has 1 aromatic carbocycles. The van der Waals surface area contributed by atoms with Gasteiger partial charge in [0.25, 0.3) is 0 Å². The van der Waals surface area contributed by atoms with E-state index in [0.717, 1.165) is 67.3 Å². The highest BCUT2D eigenvalue weighted by Gasteiger charge is 2.27. The Balaban J connectivity index is 1.84. The molecule has 0 aliphatic carbocycles. The highest BCUT2D eigenvalue weighted by atomic mass is 16.5. The van der Waals surface area contributed by atoms with Crippen molar-refractivity contribution in [3.05, 3.63) is 64.3 Å². The first kappa shape index (κ1) is 23.7. The number of ether oxygens (including phenoxy) is 1. The van der Waals surface area contributed by atoms with Crippen LogP contribution in [0.15, 0.2) is 53.2 Å². The van der Waals surface area contributed by atoms with Crippen LogP contribution in [0.25, 0.3) is 6.08 Å². The largest absolute Gasteiger partial charge is 0.508 e. The van der Waals surface area contributed by atoms with Crippen LogP contribution < -0.4 is 4.74 Å². The zero-order valence-corrected chi connectivity index (χ0v) is 19.1. The zero-order valence-electron chi connectivity index (χ0n) is 19.1. The van der Waals surface area contributed by atoms with Crippen LogP contribution in [0.2, 0.25) is 0 Å². The van der Waals surface area contributed by atoms with Crippen molar-refractivity contribution < 1.29 is 14.6 Å². The van der Waals surface area contributed by atoms with E-state index < -0.39 is 0 Å². The first-order valence-electron chi connectivity index (χ1n) is 10.9. The topological polar surface area (TPSA) is 46.5 Å². The highest BCUT2D eigenvalue weighted by Crippen LogP contribution is 2.38. The number of phenols is 1. The van der Waals surface area contributed by atoms with E-state index in [4.69, 9.17) is 4.74 Å². The van der Waals surface area contributed by atoms with Gasteiger partial charge in [-0.05, 0) is 102 Å². The fraction of sp³-hybridized carbons (Fsp3) is 0.444. The molecule has 0 unspecified atom stereocenters. The Morgan fingerprint density at radius 1 is 1.07 bits per heavy atom. The van der Waals surface area contributed by atoms with Gasteiger partial charge in [0.1, 0.15) is 23.4 Å². The van der Waals surface area contributed by atoms with Crippen molar-refractivity contribution in [1.82, 2.24) is 0 Å². The normalized spacial score (nSPS) is 18.6. The predicted octanol–water partition coefficient (Wildman–Crippen LogP) is 7.24. The van der Waals surface area contributed by atoms with Gasteiger partial charge in [0.05, 0.1) is 0 Å². The van der Waals surface area contributed by atoms with Crippen LogP contribution in [-0.2, 0) is 4.79 Å². The number of carbonyl (C=O) groups is 1. The van der Waals surface area contributed by atoms with Crippen molar-refractivity contribution in [3.8, 4) is 11.5 Å². The minimum absolute atomic E-state index is 0.269. The number of aryl methyl sites for hydroxylation is 1.